The number of hydrogen-bond acceptors (Lipinski definition) is 3. The molecule has 1 fully saturated rings. The molecule has 0 spiro atoms. The van der Waals surface area contributed by atoms with E-state index in [1.165, 1.54) is 0 Å². The monoisotopic (exact) mass is 130 g/mol. The van der Waals surface area contributed by atoms with Crippen molar-refractivity contribution in [3.05, 3.63) is 0 Å². The number of hydrogen-bond donors (Lipinski definition) is 2. The van der Waals surface area contributed by atoms with Crippen LogP contribution in [-0.4, -0.2) is 32.3 Å². The largest absolute Gasteiger partial charge is 0.379 e. The molecule has 9 heavy (non-hydrogen) atoms. The van der Waals surface area contributed by atoms with Gasteiger partial charge in [-0.3, -0.25) is 0 Å². The Labute approximate surface area is 55.6 Å². The first-order valence-corrected chi connectivity index (χ1v) is 3.44. The van der Waals surface area contributed by atoms with E-state index in [1.54, 1.807) is 0 Å². The predicted octanol–water partition coefficient (Wildman–Crippen LogP) is -0.676. The highest BCUT2D eigenvalue weighted by Crippen LogP contribution is 1.95. The maximum Gasteiger partial charge on any atom is 0.0620 e. The van der Waals surface area contributed by atoms with Crippen LogP contribution in [0.15, 0.2) is 0 Å². The van der Waals surface area contributed by atoms with Gasteiger partial charge in [0.25, 0.3) is 0 Å². The zero-order valence-electron chi connectivity index (χ0n) is 5.60. The highest BCUT2D eigenvalue weighted by Gasteiger charge is 2.10. The third-order valence-corrected chi connectivity index (χ3v) is 1.51. The highest BCUT2D eigenvalue weighted by molar-refractivity contribution is 4.69. The molecule has 1 heterocycles. The van der Waals surface area contributed by atoms with Crippen molar-refractivity contribution in [2.45, 2.75) is 12.5 Å². The van der Waals surface area contributed by atoms with Crippen LogP contribution < -0.4 is 11.1 Å². The number of nitrogens with one attached hydrogen (secondary N) is 1. The molecule has 1 aliphatic rings. The summed E-state index contributed by atoms with van der Waals surface area (Å²) in [6.07, 6.45) is 1.03. The summed E-state index contributed by atoms with van der Waals surface area (Å²) in [6, 6.07) is 0.503. The molecule has 3 heteroatoms. The predicted molar refractivity (Wildman–Crippen MR) is 36.3 cm³/mol. The zero-order valence-corrected chi connectivity index (χ0v) is 5.60. The van der Waals surface area contributed by atoms with Gasteiger partial charge >= 0.3 is 0 Å². The van der Waals surface area contributed by atoms with Crippen LogP contribution in [0.4, 0.5) is 0 Å². The molecule has 0 unspecified atom stereocenters. The lowest BCUT2D eigenvalue weighted by Crippen LogP contribution is -2.42. The molecule has 0 aromatic carbocycles. The van der Waals surface area contributed by atoms with Gasteiger partial charge in [0, 0.05) is 12.6 Å². The minimum Gasteiger partial charge on any atom is -0.379 e. The van der Waals surface area contributed by atoms with Crippen molar-refractivity contribution < 1.29 is 4.74 Å². The molecule has 1 aliphatic heterocycles. The smallest absolute Gasteiger partial charge is 0.0620 e. The van der Waals surface area contributed by atoms with Gasteiger partial charge in [0.15, 0.2) is 0 Å². The van der Waals surface area contributed by atoms with Gasteiger partial charge in [0.2, 0.25) is 0 Å². The quantitative estimate of drug-likeness (QED) is 0.521. The van der Waals surface area contributed by atoms with Gasteiger partial charge in [-0.15, -0.1) is 0 Å². The maximum atomic E-state index is 5.36. The maximum absolute atomic E-state index is 5.36. The molecule has 1 rings (SSSR count). The summed E-state index contributed by atoms with van der Waals surface area (Å²) in [5.41, 5.74) is 5.36. The van der Waals surface area contributed by atoms with Crippen molar-refractivity contribution in [2.24, 2.45) is 5.73 Å². The summed E-state index contributed by atoms with van der Waals surface area (Å²) < 4.78 is 5.22. The fraction of sp³-hybridized carbons (Fsp3) is 1.00. The average Bonchev–Trinajstić information content (AvgIpc) is 1.91. The minimum absolute atomic E-state index is 0.503. The molecular formula is C6H14N2O. The van der Waals surface area contributed by atoms with E-state index in [9.17, 15) is 0 Å². The topological polar surface area (TPSA) is 47.3 Å². The molecule has 0 aliphatic carbocycles. The van der Waals surface area contributed by atoms with Gasteiger partial charge in [-0.05, 0) is 13.0 Å². The number of rotatable bonds is 2. The Hall–Kier alpha value is -0.120. The normalized spacial score (nSPS) is 28.3. The van der Waals surface area contributed by atoms with Crippen LogP contribution >= 0.6 is 0 Å². The second kappa shape index (κ2) is 3.82. The van der Waals surface area contributed by atoms with E-state index in [0.717, 1.165) is 32.7 Å². The van der Waals surface area contributed by atoms with E-state index in [2.05, 4.69) is 5.32 Å². The Kier molecular flexibility index (Phi) is 2.97. The molecule has 1 atom stereocenters. The van der Waals surface area contributed by atoms with Crippen LogP contribution in [0.1, 0.15) is 6.42 Å². The number of nitrogens with two attached hydrogens (primary N) is 1. The van der Waals surface area contributed by atoms with Crippen molar-refractivity contribution in [2.75, 3.05) is 26.3 Å². The fourth-order valence-electron chi connectivity index (χ4n) is 1.01. The second-order valence-electron chi connectivity index (χ2n) is 2.30. The van der Waals surface area contributed by atoms with E-state index in [1.807, 2.05) is 0 Å². The molecule has 0 radical (unpaired) electrons. The molecule has 0 aromatic rings. The third kappa shape index (κ3) is 2.30. The molecule has 0 aromatic heterocycles. The van der Waals surface area contributed by atoms with Crippen LogP contribution in [0, 0.1) is 0 Å². The summed E-state index contributed by atoms with van der Waals surface area (Å²) in [4.78, 5) is 0. The van der Waals surface area contributed by atoms with Crippen molar-refractivity contribution >= 4 is 0 Å². The summed E-state index contributed by atoms with van der Waals surface area (Å²) in [5.74, 6) is 0. The van der Waals surface area contributed by atoms with Gasteiger partial charge < -0.3 is 15.8 Å². The first kappa shape index (κ1) is 6.99. The van der Waals surface area contributed by atoms with Crippen LogP contribution in [-0.2, 0) is 4.74 Å². The van der Waals surface area contributed by atoms with Crippen LogP contribution in [0.5, 0.6) is 0 Å². The van der Waals surface area contributed by atoms with E-state index in [-0.39, 0.29) is 0 Å². The number of ether oxygens (including phenoxy) is 1. The van der Waals surface area contributed by atoms with E-state index < -0.39 is 0 Å². The Bertz CT molecular complexity index is 68.7. The van der Waals surface area contributed by atoms with Crippen molar-refractivity contribution in [3.8, 4) is 0 Å². The molecule has 54 valence electrons. The molecule has 0 saturated carbocycles. The van der Waals surface area contributed by atoms with Crippen molar-refractivity contribution in [1.29, 1.82) is 0 Å². The zero-order chi connectivity index (χ0) is 6.53. The van der Waals surface area contributed by atoms with Gasteiger partial charge in [-0.2, -0.15) is 0 Å². The highest BCUT2D eigenvalue weighted by atomic mass is 16.5. The standard InChI is InChI=1S/C6H14N2O/c7-2-1-6-5-9-4-3-8-6/h6,8H,1-5,7H2/t6-/m0/s1. The van der Waals surface area contributed by atoms with Gasteiger partial charge in [0.1, 0.15) is 0 Å². The molecule has 1 saturated heterocycles. The van der Waals surface area contributed by atoms with E-state index in [4.69, 9.17) is 10.5 Å². The van der Waals surface area contributed by atoms with Crippen LogP contribution in [0.25, 0.3) is 0 Å². The van der Waals surface area contributed by atoms with Crippen molar-refractivity contribution in [3.63, 3.8) is 0 Å². The molecule has 3 N–H and O–H groups in total. The molecule has 0 bridgehead atoms. The van der Waals surface area contributed by atoms with E-state index in [0.29, 0.717) is 6.04 Å². The van der Waals surface area contributed by atoms with E-state index >= 15 is 0 Å². The lowest BCUT2D eigenvalue weighted by atomic mass is 10.2. The van der Waals surface area contributed by atoms with Crippen LogP contribution in [0.2, 0.25) is 0 Å². The van der Waals surface area contributed by atoms with Crippen molar-refractivity contribution in [1.82, 2.24) is 5.32 Å². The summed E-state index contributed by atoms with van der Waals surface area (Å²) in [6.45, 7) is 3.41. The molecule has 3 nitrogen and oxygen atoms in total. The number of morpholine rings is 1. The first-order chi connectivity index (χ1) is 4.43. The lowest BCUT2D eigenvalue weighted by molar-refractivity contribution is 0.0750. The Morgan fingerprint density at radius 3 is 3.11 bits per heavy atom. The SMILES string of the molecule is NCC[C@H]1COCCN1. The minimum atomic E-state index is 0.503. The fourth-order valence-corrected chi connectivity index (χ4v) is 1.01. The first-order valence-electron chi connectivity index (χ1n) is 3.44. The third-order valence-electron chi connectivity index (χ3n) is 1.51. The summed E-state index contributed by atoms with van der Waals surface area (Å²) in [7, 11) is 0. The summed E-state index contributed by atoms with van der Waals surface area (Å²) in [5, 5.41) is 3.32. The Morgan fingerprint density at radius 2 is 2.56 bits per heavy atom. The van der Waals surface area contributed by atoms with Gasteiger partial charge in [0.05, 0.1) is 13.2 Å². The molecule has 0 amide bonds. The van der Waals surface area contributed by atoms with Gasteiger partial charge in [-0.1, -0.05) is 0 Å². The Morgan fingerprint density at radius 1 is 1.67 bits per heavy atom. The lowest BCUT2D eigenvalue weighted by Gasteiger charge is -2.22. The molecular weight excluding hydrogens is 116 g/mol. The summed E-state index contributed by atoms with van der Waals surface area (Å²) >= 11 is 0. The second-order valence-corrected chi connectivity index (χ2v) is 2.30. The Balaban J connectivity index is 2.08. The average molecular weight is 130 g/mol. The van der Waals surface area contributed by atoms with Crippen LogP contribution in [0.3, 0.4) is 0 Å². The van der Waals surface area contributed by atoms with Gasteiger partial charge in [-0.25, -0.2) is 0 Å².